The van der Waals surface area contributed by atoms with Crippen LogP contribution in [0, 0.1) is 18.3 Å². The summed E-state index contributed by atoms with van der Waals surface area (Å²) in [6, 6.07) is 17.3. The van der Waals surface area contributed by atoms with Crippen LogP contribution < -0.4 is 5.56 Å². The van der Waals surface area contributed by atoms with Gasteiger partial charge < -0.3 is 4.90 Å². The predicted octanol–water partition coefficient (Wildman–Crippen LogP) is 3.61. The van der Waals surface area contributed by atoms with Crippen molar-refractivity contribution in [2.45, 2.75) is 38.0 Å². The first-order chi connectivity index (χ1) is 14.2. The number of benzene rings is 2. The van der Waals surface area contributed by atoms with E-state index in [0.717, 1.165) is 11.1 Å². The normalized spacial score (nSPS) is 11.3. The van der Waals surface area contributed by atoms with Crippen molar-refractivity contribution < 1.29 is 4.79 Å². The summed E-state index contributed by atoms with van der Waals surface area (Å²) in [5.74, 6) is -0.115. The molecule has 3 aromatic rings. The van der Waals surface area contributed by atoms with Crippen LogP contribution in [-0.2, 0) is 11.3 Å². The SMILES string of the molecule is Cc1ccc(Cn2c(SCC(=O)N(C)C(C)(C)C#N)nc3ccccc3c2=O)cc1. The van der Waals surface area contributed by atoms with Crippen molar-refractivity contribution in [2.75, 3.05) is 12.8 Å². The number of nitriles is 1. The molecule has 0 aliphatic rings. The summed E-state index contributed by atoms with van der Waals surface area (Å²) in [5.41, 5.74) is 1.68. The van der Waals surface area contributed by atoms with Gasteiger partial charge in [0.25, 0.3) is 5.56 Å². The van der Waals surface area contributed by atoms with Crippen molar-refractivity contribution in [1.29, 1.82) is 5.26 Å². The van der Waals surface area contributed by atoms with Crippen LogP contribution in [0.5, 0.6) is 0 Å². The molecule has 0 saturated carbocycles. The van der Waals surface area contributed by atoms with Gasteiger partial charge in [0.1, 0.15) is 5.54 Å². The molecule has 154 valence electrons. The maximum absolute atomic E-state index is 13.2. The number of para-hydroxylation sites is 1. The molecule has 7 heteroatoms. The van der Waals surface area contributed by atoms with E-state index in [0.29, 0.717) is 22.6 Å². The van der Waals surface area contributed by atoms with E-state index in [1.165, 1.54) is 16.7 Å². The number of carbonyl (C=O) groups excluding carboxylic acids is 1. The lowest BCUT2D eigenvalue weighted by Crippen LogP contribution is -2.44. The van der Waals surface area contributed by atoms with Crippen molar-refractivity contribution >= 4 is 28.6 Å². The van der Waals surface area contributed by atoms with E-state index in [2.05, 4.69) is 11.1 Å². The van der Waals surface area contributed by atoms with Crippen LogP contribution in [0.2, 0.25) is 0 Å². The fraction of sp³-hybridized carbons (Fsp3) is 0.304. The Morgan fingerprint density at radius 1 is 1.20 bits per heavy atom. The van der Waals surface area contributed by atoms with Gasteiger partial charge in [-0.05, 0) is 38.5 Å². The smallest absolute Gasteiger partial charge is 0.262 e. The van der Waals surface area contributed by atoms with E-state index in [4.69, 9.17) is 0 Å². The molecule has 0 unspecified atom stereocenters. The van der Waals surface area contributed by atoms with E-state index in [-0.39, 0.29) is 17.2 Å². The number of amides is 1. The second kappa shape index (κ2) is 8.72. The first-order valence-corrected chi connectivity index (χ1v) is 10.6. The number of rotatable bonds is 6. The molecule has 0 aliphatic heterocycles. The lowest BCUT2D eigenvalue weighted by Gasteiger charge is -2.29. The van der Waals surface area contributed by atoms with Gasteiger partial charge in [-0.1, -0.05) is 53.7 Å². The van der Waals surface area contributed by atoms with Crippen molar-refractivity contribution in [3.63, 3.8) is 0 Å². The maximum Gasteiger partial charge on any atom is 0.262 e. The Balaban J connectivity index is 1.96. The van der Waals surface area contributed by atoms with Gasteiger partial charge in [-0.2, -0.15) is 5.26 Å². The average Bonchev–Trinajstić information content (AvgIpc) is 2.75. The van der Waals surface area contributed by atoms with Crippen LogP contribution in [0.1, 0.15) is 25.0 Å². The molecule has 1 aromatic heterocycles. The third kappa shape index (κ3) is 4.55. The molecule has 1 amide bonds. The van der Waals surface area contributed by atoms with Gasteiger partial charge in [0.15, 0.2) is 5.16 Å². The number of aromatic nitrogens is 2. The highest BCUT2D eigenvalue weighted by Gasteiger charge is 2.27. The van der Waals surface area contributed by atoms with Crippen LogP contribution in [0.3, 0.4) is 0 Å². The number of aryl methyl sites for hydroxylation is 1. The quantitative estimate of drug-likeness (QED) is 0.450. The molecule has 0 fully saturated rings. The molecule has 0 atom stereocenters. The van der Waals surface area contributed by atoms with Gasteiger partial charge in [0.2, 0.25) is 5.91 Å². The molecule has 3 rings (SSSR count). The van der Waals surface area contributed by atoms with Gasteiger partial charge in [-0.15, -0.1) is 0 Å². The Labute approximate surface area is 180 Å². The number of nitrogens with zero attached hydrogens (tertiary/aromatic N) is 4. The minimum absolute atomic E-state index is 0.0836. The summed E-state index contributed by atoms with van der Waals surface area (Å²) < 4.78 is 1.61. The van der Waals surface area contributed by atoms with Gasteiger partial charge in [-0.3, -0.25) is 14.2 Å². The third-order valence-electron chi connectivity index (χ3n) is 5.10. The topological polar surface area (TPSA) is 79.0 Å². The number of carbonyl (C=O) groups is 1. The molecular weight excluding hydrogens is 396 g/mol. The predicted molar refractivity (Wildman–Crippen MR) is 119 cm³/mol. The lowest BCUT2D eigenvalue weighted by atomic mass is 10.1. The molecule has 0 bridgehead atoms. The molecule has 0 N–H and O–H groups in total. The van der Waals surface area contributed by atoms with Gasteiger partial charge in [0.05, 0.1) is 29.3 Å². The summed E-state index contributed by atoms with van der Waals surface area (Å²) >= 11 is 1.21. The average molecular weight is 421 g/mol. The van der Waals surface area contributed by atoms with E-state index in [1.54, 1.807) is 37.6 Å². The first-order valence-electron chi connectivity index (χ1n) is 9.59. The number of hydrogen-bond acceptors (Lipinski definition) is 5. The minimum atomic E-state index is -0.907. The standard InChI is InChI=1S/C23H24N4O2S/c1-16-9-11-17(12-10-16)13-27-21(29)18-7-5-6-8-19(18)25-22(27)30-14-20(28)26(4)23(2,3)15-24/h5-12H,13-14H2,1-4H3. The summed E-state index contributed by atoms with van der Waals surface area (Å²) in [5, 5.41) is 10.3. The monoisotopic (exact) mass is 420 g/mol. The van der Waals surface area contributed by atoms with E-state index in [1.807, 2.05) is 43.3 Å². The van der Waals surface area contributed by atoms with E-state index in [9.17, 15) is 14.9 Å². The fourth-order valence-electron chi connectivity index (χ4n) is 2.88. The molecular formula is C23H24N4O2S. The Morgan fingerprint density at radius 2 is 1.87 bits per heavy atom. The Morgan fingerprint density at radius 3 is 2.53 bits per heavy atom. The van der Waals surface area contributed by atoms with E-state index >= 15 is 0 Å². The van der Waals surface area contributed by atoms with Crippen molar-refractivity contribution in [3.8, 4) is 6.07 Å². The Bertz CT molecular complexity index is 1180. The van der Waals surface area contributed by atoms with Crippen LogP contribution in [0.25, 0.3) is 10.9 Å². The zero-order valence-corrected chi connectivity index (χ0v) is 18.4. The number of fused-ring (bicyclic) bond motifs is 1. The highest BCUT2D eigenvalue weighted by atomic mass is 32.2. The Hall–Kier alpha value is -3.11. The third-order valence-corrected chi connectivity index (χ3v) is 6.06. The second-order valence-corrected chi connectivity index (χ2v) is 8.64. The summed E-state index contributed by atoms with van der Waals surface area (Å²) in [4.78, 5) is 31.9. The zero-order valence-electron chi connectivity index (χ0n) is 17.5. The minimum Gasteiger partial charge on any atom is -0.327 e. The van der Waals surface area contributed by atoms with E-state index < -0.39 is 5.54 Å². The molecule has 0 radical (unpaired) electrons. The van der Waals surface area contributed by atoms with Crippen LogP contribution in [0.4, 0.5) is 0 Å². The van der Waals surface area contributed by atoms with Gasteiger partial charge in [-0.25, -0.2) is 4.98 Å². The van der Waals surface area contributed by atoms with Crippen molar-refractivity contribution in [2.24, 2.45) is 0 Å². The highest BCUT2D eigenvalue weighted by Crippen LogP contribution is 2.21. The molecule has 2 aromatic carbocycles. The maximum atomic E-state index is 13.2. The summed E-state index contributed by atoms with van der Waals surface area (Å²) in [6.45, 7) is 5.76. The molecule has 1 heterocycles. The highest BCUT2D eigenvalue weighted by molar-refractivity contribution is 7.99. The first kappa shape index (κ1) is 21.6. The second-order valence-electron chi connectivity index (χ2n) is 7.70. The molecule has 0 spiro atoms. The Kier molecular flexibility index (Phi) is 6.28. The largest absolute Gasteiger partial charge is 0.327 e. The molecule has 6 nitrogen and oxygen atoms in total. The van der Waals surface area contributed by atoms with Gasteiger partial charge >= 0.3 is 0 Å². The molecule has 0 aliphatic carbocycles. The summed E-state index contributed by atoms with van der Waals surface area (Å²) in [7, 11) is 1.61. The zero-order chi connectivity index (χ0) is 21.9. The summed E-state index contributed by atoms with van der Waals surface area (Å²) in [6.07, 6.45) is 0. The molecule has 30 heavy (non-hydrogen) atoms. The van der Waals surface area contributed by atoms with Crippen LogP contribution in [0.15, 0.2) is 58.5 Å². The fourth-order valence-corrected chi connectivity index (χ4v) is 3.80. The van der Waals surface area contributed by atoms with Crippen molar-refractivity contribution in [1.82, 2.24) is 14.5 Å². The van der Waals surface area contributed by atoms with Crippen molar-refractivity contribution in [3.05, 3.63) is 70.0 Å². The lowest BCUT2D eigenvalue weighted by molar-refractivity contribution is -0.130. The van der Waals surface area contributed by atoms with Gasteiger partial charge in [0, 0.05) is 7.05 Å². The van der Waals surface area contributed by atoms with Crippen LogP contribution >= 0.6 is 11.8 Å². The molecule has 0 saturated heterocycles. The number of thioether (sulfide) groups is 1. The number of hydrogen-bond donors (Lipinski definition) is 0. The van der Waals surface area contributed by atoms with Crippen LogP contribution in [-0.4, -0.2) is 38.7 Å².